The summed E-state index contributed by atoms with van der Waals surface area (Å²) in [6.07, 6.45) is 1.16. The predicted molar refractivity (Wildman–Crippen MR) is 76.6 cm³/mol. The number of nitrogen functional groups attached to an aromatic ring is 1. The van der Waals surface area contributed by atoms with Gasteiger partial charge in [-0.1, -0.05) is 6.92 Å². The molecule has 0 spiro atoms. The van der Waals surface area contributed by atoms with Crippen LogP contribution in [0.2, 0.25) is 0 Å². The van der Waals surface area contributed by atoms with E-state index in [1.54, 1.807) is 0 Å². The van der Waals surface area contributed by atoms with Crippen molar-refractivity contribution < 1.29 is 4.74 Å². The lowest BCUT2D eigenvalue weighted by Crippen LogP contribution is -2.51. The Kier molecular flexibility index (Phi) is 4.29. The van der Waals surface area contributed by atoms with Crippen LogP contribution < -0.4 is 15.4 Å². The highest BCUT2D eigenvalue weighted by molar-refractivity contribution is 7.11. The Bertz CT molecular complexity index is 395. The molecule has 0 aliphatic carbocycles. The van der Waals surface area contributed by atoms with Gasteiger partial charge in [0.1, 0.15) is 0 Å². The van der Waals surface area contributed by atoms with Gasteiger partial charge in [-0.3, -0.25) is 4.90 Å². The molecule has 1 saturated heterocycles. The second-order valence-corrected chi connectivity index (χ2v) is 5.38. The van der Waals surface area contributed by atoms with Crippen molar-refractivity contribution in [3.8, 4) is 5.75 Å². The third kappa shape index (κ3) is 2.54. The number of likely N-dealkylation sites (N-methyl/N-ethyl adjacent to an activating group) is 1. The number of anilines is 2. The van der Waals surface area contributed by atoms with Crippen LogP contribution in [0.1, 0.15) is 20.3 Å². The molecule has 5 nitrogen and oxygen atoms in total. The minimum absolute atomic E-state index is 0.517. The maximum atomic E-state index is 5.87. The molecule has 1 fully saturated rings. The standard InChI is InChI=1S/C12H22N4OS/c1-4-9-8-16(7-6-15(9)3)12-10(17-5-2)11(13)14-18-12/h9H,4-8H2,1-3H3,(H2,13,14). The summed E-state index contributed by atoms with van der Waals surface area (Å²) in [5, 5.41) is 1.08. The topological polar surface area (TPSA) is 54.6 Å². The third-order valence-corrected chi connectivity index (χ3v) is 4.39. The summed E-state index contributed by atoms with van der Waals surface area (Å²) >= 11 is 1.44. The van der Waals surface area contributed by atoms with Crippen LogP contribution in [0.4, 0.5) is 10.8 Å². The Morgan fingerprint density at radius 3 is 2.89 bits per heavy atom. The van der Waals surface area contributed by atoms with Gasteiger partial charge in [0.15, 0.2) is 16.6 Å². The number of ether oxygens (including phenoxy) is 1. The number of nitrogens with two attached hydrogens (primary N) is 1. The van der Waals surface area contributed by atoms with E-state index < -0.39 is 0 Å². The molecule has 1 aliphatic heterocycles. The molecule has 0 bridgehead atoms. The Labute approximate surface area is 113 Å². The van der Waals surface area contributed by atoms with Gasteiger partial charge in [-0.05, 0) is 31.9 Å². The first-order valence-electron chi connectivity index (χ1n) is 6.50. The first kappa shape index (κ1) is 13.4. The van der Waals surface area contributed by atoms with Crippen molar-refractivity contribution in [3.63, 3.8) is 0 Å². The molecule has 0 saturated carbocycles. The zero-order valence-electron chi connectivity index (χ0n) is 11.3. The number of piperazine rings is 1. The Balaban J connectivity index is 2.16. The molecule has 0 amide bonds. The summed E-state index contributed by atoms with van der Waals surface area (Å²) in [6.45, 7) is 7.93. The minimum Gasteiger partial charge on any atom is -0.487 e. The lowest BCUT2D eigenvalue weighted by Gasteiger charge is -2.39. The van der Waals surface area contributed by atoms with Gasteiger partial charge in [-0.25, -0.2) is 0 Å². The molecule has 1 aromatic heterocycles. The van der Waals surface area contributed by atoms with Crippen molar-refractivity contribution in [1.82, 2.24) is 9.27 Å². The van der Waals surface area contributed by atoms with Crippen LogP contribution in [-0.2, 0) is 0 Å². The van der Waals surface area contributed by atoms with Gasteiger partial charge in [-0.15, -0.1) is 0 Å². The molecular weight excluding hydrogens is 248 g/mol. The molecule has 2 rings (SSSR count). The van der Waals surface area contributed by atoms with Crippen LogP contribution in [0, 0.1) is 0 Å². The number of rotatable bonds is 4. The number of nitrogens with zero attached hydrogens (tertiary/aromatic N) is 3. The van der Waals surface area contributed by atoms with Gasteiger partial charge in [-0.2, -0.15) is 4.37 Å². The third-order valence-electron chi connectivity index (χ3n) is 3.48. The smallest absolute Gasteiger partial charge is 0.197 e. The van der Waals surface area contributed by atoms with Crippen molar-refractivity contribution in [3.05, 3.63) is 0 Å². The largest absolute Gasteiger partial charge is 0.487 e. The molecule has 0 aromatic carbocycles. The van der Waals surface area contributed by atoms with Crippen molar-refractivity contribution in [2.45, 2.75) is 26.3 Å². The summed E-state index contributed by atoms with van der Waals surface area (Å²) < 4.78 is 9.84. The van der Waals surface area contributed by atoms with Crippen molar-refractivity contribution in [1.29, 1.82) is 0 Å². The SMILES string of the molecule is CCOc1c(N)nsc1N1CCN(C)C(CC)C1. The average Bonchev–Trinajstić information content (AvgIpc) is 2.73. The molecule has 2 heterocycles. The zero-order valence-corrected chi connectivity index (χ0v) is 12.2. The summed E-state index contributed by atoms with van der Waals surface area (Å²) in [5.41, 5.74) is 5.87. The van der Waals surface area contributed by atoms with Gasteiger partial charge in [0.25, 0.3) is 0 Å². The maximum Gasteiger partial charge on any atom is 0.197 e. The molecule has 18 heavy (non-hydrogen) atoms. The Morgan fingerprint density at radius 1 is 1.44 bits per heavy atom. The quantitative estimate of drug-likeness (QED) is 0.901. The highest BCUT2D eigenvalue weighted by Crippen LogP contribution is 2.39. The van der Waals surface area contributed by atoms with E-state index in [4.69, 9.17) is 10.5 Å². The lowest BCUT2D eigenvalue weighted by molar-refractivity contribution is 0.213. The van der Waals surface area contributed by atoms with Crippen LogP contribution >= 0.6 is 11.5 Å². The fraction of sp³-hybridized carbons (Fsp3) is 0.750. The highest BCUT2D eigenvalue weighted by Gasteiger charge is 2.27. The van der Waals surface area contributed by atoms with Crippen LogP contribution in [0.15, 0.2) is 0 Å². The Morgan fingerprint density at radius 2 is 2.22 bits per heavy atom. The highest BCUT2D eigenvalue weighted by atomic mass is 32.1. The molecule has 1 unspecified atom stereocenters. The van der Waals surface area contributed by atoms with Gasteiger partial charge in [0.05, 0.1) is 6.61 Å². The molecule has 102 valence electrons. The van der Waals surface area contributed by atoms with Crippen LogP contribution in [0.3, 0.4) is 0 Å². The maximum absolute atomic E-state index is 5.87. The van der Waals surface area contributed by atoms with E-state index >= 15 is 0 Å². The van der Waals surface area contributed by atoms with Crippen molar-refractivity contribution >= 4 is 22.4 Å². The van der Waals surface area contributed by atoms with E-state index in [0.29, 0.717) is 18.5 Å². The summed E-state index contributed by atoms with van der Waals surface area (Å²) in [4.78, 5) is 4.77. The fourth-order valence-corrected chi connectivity index (χ4v) is 3.13. The van der Waals surface area contributed by atoms with E-state index in [-0.39, 0.29) is 0 Å². The summed E-state index contributed by atoms with van der Waals surface area (Å²) in [5.74, 6) is 1.28. The second-order valence-electron chi connectivity index (χ2n) is 4.62. The molecular formula is C12H22N4OS. The van der Waals surface area contributed by atoms with Gasteiger partial charge in [0, 0.05) is 25.7 Å². The number of aromatic nitrogens is 1. The minimum atomic E-state index is 0.517. The normalized spacial score (nSPS) is 21.3. The van der Waals surface area contributed by atoms with Crippen molar-refractivity contribution in [2.24, 2.45) is 0 Å². The summed E-state index contributed by atoms with van der Waals surface area (Å²) in [7, 11) is 2.19. The molecule has 6 heteroatoms. The van der Waals surface area contributed by atoms with Crippen LogP contribution in [-0.4, -0.2) is 48.6 Å². The zero-order chi connectivity index (χ0) is 13.1. The van der Waals surface area contributed by atoms with E-state index in [1.807, 2.05) is 6.92 Å². The van der Waals surface area contributed by atoms with E-state index in [9.17, 15) is 0 Å². The van der Waals surface area contributed by atoms with Crippen LogP contribution in [0.5, 0.6) is 5.75 Å². The Hall–Kier alpha value is -1.01. The van der Waals surface area contributed by atoms with E-state index in [0.717, 1.165) is 36.8 Å². The van der Waals surface area contributed by atoms with Gasteiger partial charge in [0.2, 0.25) is 0 Å². The monoisotopic (exact) mass is 270 g/mol. The first-order valence-corrected chi connectivity index (χ1v) is 7.27. The molecule has 1 atom stereocenters. The average molecular weight is 270 g/mol. The molecule has 1 aliphatic rings. The second kappa shape index (κ2) is 5.75. The van der Waals surface area contributed by atoms with E-state index in [2.05, 4.69) is 28.1 Å². The van der Waals surface area contributed by atoms with Crippen molar-refractivity contribution in [2.75, 3.05) is 43.9 Å². The molecule has 1 aromatic rings. The molecule has 0 radical (unpaired) electrons. The summed E-state index contributed by atoms with van der Waals surface area (Å²) in [6, 6.07) is 0.594. The fourth-order valence-electron chi connectivity index (χ4n) is 2.34. The van der Waals surface area contributed by atoms with E-state index in [1.165, 1.54) is 11.5 Å². The van der Waals surface area contributed by atoms with Crippen LogP contribution in [0.25, 0.3) is 0 Å². The number of hydrogen-bond acceptors (Lipinski definition) is 6. The molecule has 2 N–H and O–H groups in total. The predicted octanol–water partition coefficient (Wildman–Crippen LogP) is 1.65. The van der Waals surface area contributed by atoms with Gasteiger partial charge >= 0.3 is 0 Å². The lowest BCUT2D eigenvalue weighted by atomic mass is 10.1. The van der Waals surface area contributed by atoms with Gasteiger partial charge < -0.3 is 15.4 Å². The first-order chi connectivity index (χ1) is 8.67. The number of hydrogen-bond donors (Lipinski definition) is 1.